The molecule has 0 aromatic heterocycles. The second-order valence-electron chi connectivity index (χ2n) is 6.43. The van der Waals surface area contributed by atoms with Crippen molar-refractivity contribution in [3.8, 4) is 5.75 Å². The van der Waals surface area contributed by atoms with Crippen LogP contribution in [-0.4, -0.2) is 49.3 Å². The summed E-state index contributed by atoms with van der Waals surface area (Å²) in [6, 6.07) is 9.79. The highest BCUT2D eigenvalue weighted by Gasteiger charge is 2.26. The molecule has 27 heavy (non-hydrogen) atoms. The number of hydrogen-bond donors (Lipinski definition) is 1. The highest BCUT2D eigenvalue weighted by molar-refractivity contribution is 14.0. The molecule has 1 aliphatic rings. The molecular formula is C19H29F3IN3O. The van der Waals surface area contributed by atoms with E-state index in [1.807, 2.05) is 37.3 Å². The molecule has 0 bridgehead atoms. The zero-order valence-corrected chi connectivity index (χ0v) is 18.0. The molecule has 1 aromatic carbocycles. The van der Waals surface area contributed by atoms with E-state index in [9.17, 15) is 13.2 Å². The van der Waals surface area contributed by atoms with Crippen LogP contribution in [0.3, 0.4) is 0 Å². The molecule has 0 aliphatic carbocycles. The molecule has 0 radical (unpaired) electrons. The molecule has 1 fully saturated rings. The Morgan fingerprint density at radius 1 is 1.19 bits per heavy atom. The fourth-order valence-electron chi connectivity index (χ4n) is 2.92. The Balaban J connectivity index is 0.00000364. The van der Waals surface area contributed by atoms with Gasteiger partial charge in [0.15, 0.2) is 5.96 Å². The first-order valence-electron chi connectivity index (χ1n) is 9.29. The molecule has 0 unspecified atom stereocenters. The van der Waals surface area contributed by atoms with E-state index in [0.717, 1.165) is 44.2 Å². The predicted molar refractivity (Wildman–Crippen MR) is 113 cm³/mol. The number of unbranched alkanes of at least 4 members (excludes halogenated alkanes) is 1. The summed E-state index contributed by atoms with van der Waals surface area (Å²) in [5, 5.41) is 3.24. The number of alkyl halides is 3. The molecule has 8 heteroatoms. The summed E-state index contributed by atoms with van der Waals surface area (Å²) in [6.45, 7) is 4.79. The van der Waals surface area contributed by atoms with Crippen LogP contribution < -0.4 is 10.1 Å². The molecule has 1 saturated heterocycles. The van der Waals surface area contributed by atoms with Gasteiger partial charge in [-0.25, -0.2) is 0 Å². The lowest BCUT2D eigenvalue weighted by molar-refractivity contribution is -0.135. The molecule has 0 amide bonds. The number of nitrogens with zero attached hydrogens (tertiary/aromatic N) is 2. The molecule has 0 saturated carbocycles. The van der Waals surface area contributed by atoms with Gasteiger partial charge in [0, 0.05) is 45.4 Å². The first-order chi connectivity index (χ1) is 12.5. The van der Waals surface area contributed by atoms with Crippen LogP contribution in [0.4, 0.5) is 13.2 Å². The zero-order chi connectivity index (χ0) is 18.8. The Hall–Kier alpha value is -1.19. The van der Waals surface area contributed by atoms with Gasteiger partial charge < -0.3 is 15.0 Å². The van der Waals surface area contributed by atoms with E-state index in [4.69, 9.17) is 4.74 Å². The average molecular weight is 499 g/mol. The van der Waals surface area contributed by atoms with Crippen molar-refractivity contribution in [3.63, 3.8) is 0 Å². The summed E-state index contributed by atoms with van der Waals surface area (Å²) >= 11 is 0. The van der Waals surface area contributed by atoms with E-state index in [1.54, 1.807) is 0 Å². The van der Waals surface area contributed by atoms with Crippen molar-refractivity contribution >= 4 is 29.9 Å². The van der Waals surface area contributed by atoms with Gasteiger partial charge in [0.1, 0.15) is 11.9 Å². The van der Waals surface area contributed by atoms with E-state index in [-0.39, 0.29) is 36.5 Å². The molecule has 1 aliphatic heterocycles. The minimum atomic E-state index is -4.07. The van der Waals surface area contributed by atoms with E-state index in [2.05, 4.69) is 15.2 Å². The van der Waals surface area contributed by atoms with Crippen LogP contribution in [-0.2, 0) is 0 Å². The summed E-state index contributed by atoms with van der Waals surface area (Å²) in [5.41, 5.74) is 0. The highest BCUT2D eigenvalue weighted by Crippen LogP contribution is 2.22. The number of guanidine groups is 1. The van der Waals surface area contributed by atoms with E-state index < -0.39 is 12.6 Å². The molecule has 0 atom stereocenters. The minimum absolute atomic E-state index is 0. The lowest BCUT2D eigenvalue weighted by Crippen LogP contribution is -2.47. The first kappa shape index (κ1) is 23.8. The maximum Gasteiger partial charge on any atom is 0.389 e. The van der Waals surface area contributed by atoms with Gasteiger partial charge in [-0.1, -0.05) is 18.2 Å². The van der Waals surface area contributed by atoms with Crippen molar-refractivity contribution in [2.24, 2.45) is 4.99 Å². The third kappa shape index (κ3) is 9.53. The Labute approximate surface area is 176 Å². The van der Waals surface area contributed by atoms with Crippen LogP contribution in [0.25, 0.3) is 0 Å². The monoisotopic (exact) mass is 499 g/mol. The zero-order valence-electron chi connectivity index (χ0n) is 15.7. The predicted octanol–water partition coefficient (Wildman–Crippen LogP) is 4.85. The van der Waals surface area contributed by atoms with Crippen molar-refractivity contribution in [1.82, 2.24) is 10.2 Å². The number of aliphatic imine (C=N–C) groups is 1. The topological polar surface area (TPSA) is 36.9 Å². The number of likely N-dealkylation sites (tertiary alicyclic amines) is 1. The summed E-state index contributed by atoms with van der Waals surface area (Å²) in [4.78, 5) is 6.65. The van der Waals surface area contributed by atoms with E-state index in [0.29, 0.717) is 13.0 Å². The maximum absolute atomic E-state index is 12.2. The number of piperidine rings is 1. The van der Waals surface area contributed by atoms with Crippen molar-refractivity contribution in [2.45, 2.75) is 51.3 Å². The van der Waals surface area contributed by atoms with Crippen molar-refractivity contribution in [2.75, 3.05) is 26.2 Å². The quantitative estimate of drug-likeness (QED) is 0.253. The van der Waals surface area contributed by atoms with Crippen LogP contribution in [0.1, 0.15) is 39.0 Å². The third-order valence-corrected chi connectivity index (χ3v) is 4.25. The van der Waals surface area contributed by atoms with Gasteiger partial charge in [0.05, 0.1) is 0 Å². The molecule has 2 rings (SSSR count). The van der Waals surface area contributed by atoms with Gasteiger partial charge in [-0.05, 0) is 31.9 Å². The second-order valence-corrected chi connectivity index (χ2v) is 6.43. The number of hydrogen-bond acceptors (Lipinski definition) is 2. The van der Waals surface area contributed by atoms with Crippen molar-refractivity contribution in [1.29, 1.82) is 0 Å². The Morgan fingerprint density at radius 3 is 2.44 bits per heavy atom. The number of benzene rings is 1. The Kier molecular flexibility index (Phi) is 10.9. The molecule has 1 heterocycles. The first-order valence-corrected chi connectivity index (χ1v) is 9.29. The van der Waals surface area contributed by atoms with Gasteiger partial charge in [0.25, 0.3) is 0 Å². The van der Waals surface area contributed by atoms with Crippen LogP contribution >= 0.6 is 24.0 Å². The molecule has 4 nitrogen and oxygen atoms in total. The number of ether oxygens (including phenoxy) is 1. The van der Waals surface area contributed by atoms with Gasteiger partial charge in [-0.15, -0.1) is 24.0 Å². The smallest absolute Gasteiger partial charge is 0.389 e. The molecule has 154 valence electrons. The van der Waals surface area contributed by atoms with Crippen LogP contribution in [0.15, 0.2) is 35.3 Å². The number of nitrogens with one attached hydrogen (secondary N) is 1. The lowest BCUT2D eigenvalue weighted by Gasteiger charge is -2.34. The molecule has 1 N–H and O–H groups in total. The third-order valence-electron chi connectivity index (χ3n) is 4.25. The Morgan fingerprint density at radius 2 is 1.85 bits per heavy atom. The number of rotatable bonds is 7. The fraction of sp³-hybridized carbons (Fsp3) is 0.632. The molecule has 0 spiro atoms. The standard InChI is InChI=1S/C19H28F3N3O.HI/c1-2-23-18(24-13-7-6-12-19(20,21)22)25-14-10-17(11-15-25)26-16-8-4-3-5-9-16;/h3-5,8-9,17H,2,6-7,10-15H2,1H3,(H,23,24);1H. The number of halogens is 4. The summed E-state index contributed by atoms with van der Waals surface area (Å²) in [6.07, 6.45) is -2.26. The lowest BCUT2D eigenvalue weighted by atomic mass is 10.1. The second kappa shape index (κ2) is 12.3. The van der Waals surface area contributed by atoms with Crippen LogP contribution in [0.5, 0.6) is 5.75 Å². The van der Waals surface area contributed by atoms with Crippen molar-refractivity contribution < 1.29 is 17.9 Å². The normalized spacial score (nSPS) is 16.0. The maximum atomic E-state index is 12.2. The van der Waals surface area contributed by atoms with Crippen LogP contribution in [0.2, 0.25) is 0 Å². The van der Waals surface area contributed by atoms with E-state index >= 15 is 0 Å². The average Bonchev–Trinajstić information content (AvgIpc) is 2.61. The van der Waals surface area contributed by atoms with Gasteiger partial charge in [0.2, 0.25) is 0 Å². The minimum Gasteiger partial charge on any atom is -0.490 e. The van der Waals surface area contributed by atoms with E-state index in [1.165, 1.54) is 0 Å². The Bertz CT molecular complexity index is 547. The summed E-state index contributed by atoms with van der Waals surface area (Å²) in [7, 11) is 0. The number of para-hydroxylation sites is 1. The summed E-state index contributed by atoms with van der Waals surface area (Å²) < 4.78 is 42.5. The van der Waals surface area contributed by atoms with Gasteiger partial charge in [-0.3, -0.25) is 4.99 Å². The van der Waals surface area contributed by atoms with Gasteiger partial charge >= 0.3 is 6.18 Å². The molecular weight excluding hydrogens is 470 g/mol. The summed E-state index contributed by atoms with van der Waals surface area (Å²) in [5.74, 6) is 1.67. The van der Waals surface area contributed by atoms with Crippen LogP contribution in [0, 0.1) is 0 Å². The van der Waals surface area contributed by atoms with Crippen molar-refractivity contribution in [3.05, 3.63) is 30.3 Å². The largest absolute Gasteiger partial charge is 0.490 e. The SMILES string of the molecule is CCNC(=NCCCCC(F)(F)F)N1CCC(Oc2ccccc2)CC1.I. The fourth-order valence-corrected chi connectivity index (χ4v) is 2.92. The van der Waals surface area contributed by atoms with Gasteiger partial charge in [-0.2, -0.15) is 13.2 Å². The molecule has 1 aromatic rings. The highest BCUT2D eigenvalue weighted by atomic mass is 127.